The quantitative estimate of drug-likeness (QED) is 0.377. The average Bonchev–Trinajstić information content (AvgIpc) is 2.86. The number of esters is 1. The van der Waals surface area contributed by atoms with Gasteiger partial charge < -0.3 is 19.4 Å². The van der Waals surface area contributed by atoms with E-state index in [9.17, 15) is 15.0 Å². The van der Waals surface area contributed by atoms with Gasteiger partial charge in [-0.2, -0.15) is 5.06 Å². The lowest BCUT2D eigenvalue weighted by Gasteiger charge is -2.38. The first-order valence-electron chi connectivity index (χ1n) is 11.5. The van der Waals surface area contributed by atoms with Crippen molar-refractivity contribution >= 4 is 14.3 Å². The van der Waals surface area contributed by atoms with E-state index in [1.54, 1.807) is 5.06 Å². The molecule has 1 heterocycles. The summed E-state index contributed by atoms with van der Waals surface area (Å²) in [5.74, 6) is -0.0548. The lowest BCUT2D eigenvalue weighted by molar-refractivity contribution is -0.213. The van der Waals surface area contributed by atoms with Gasteiger partial charge in [0.05, 0.1) is 24.9 Å². The molecule has 3 unspecified atom stereocenters. The van der Waals surface area contributed by atoms with Crippen LogP contribution in [0.4, 0.5) is 0 Å². The van der Waals surface area contributed by atoms with Crippen molar-refractivity contribution in [1.29, 1.82) is 0 Å². The van der Waals surface area contributed by atoms with Crippen molar-refractivity contribution in [3.05, 3.63) is 0 Å². The van der Waals surface area contributed by atoms with Crippen molar-refractivity contribution in [1.82, 2.24) is 5.06 Å². The van der Waals surface area contributed by atoms with E-state index in [0.29, 0.717) is 25.4 Å². The Balaban J connectivity index is 3.10. The number of hydrogen-bond acceptors (Lipinski definition) is 7. The van der Waals surface area contributed by atoms with Gasteiger partial charge in [-0.1, -0.05) is 34.6 Å². The molecule has 0 aromatic carbocycles. The third kappa shape index (κ3) is 8.74. The summed E-state index contributed by atoms with van der Waals surface area (Å²) in [7, 11) is -1.95. The molecule has 0 saturated carbocycles. The van der Waals surface area contributed by atoms with Crippen LogP contribution in [-0.2, 0) is 18.8 Å². The van der Waals surface area contributed by atoms with Crippen LogP contribution in [0.15, 0.2) is 0 Å². The molecule has 31 heavy (non-hydrogen) atoms. The van der Waals surface area contributed by atoms with E-state index in [2.05, 4.69) is 47.7 Å². The van der Waals surface area contributed by atoms with Crippen molar-refractivity contribution in [2.75, 3.05) is 19.8 Å². The van der Waals surface area contributed by atoms with Gasteiger partial charge in [-0.3, -0.25) is 9.63 Å². The van der Waals surface area contributed by atoms with Crippen LogP contribution in [0, 0.1) is 5.92 Å². The summed E-state index contributed by atoms with van der Waals surface area (Å²) in [6.45, 7) is 20.8. The Morgan fingerprint density at radius 1 is 1.19 bits per heavy atom. The van der Waals surface area contributed by atoms with Crippen LogP contribution in [0.5, 0.6) is 0 Å². The number of rotatable bonds is 10. The smallest absolute Gasteiger partial charge is 0.323 e. The van der Waals surface area contributed by atoms with Gasteiger partial charge in [-0.15, -0.1) is 0 Å². The summed E-state index contributed by atoms with van der Waals surface area (Å²) in [5, 5.41) is 21.6. The molecule has 3 atom stereocenters. The Labute approximate surface area is 190 Å². The van der Waals surface area contributed by atoms with Gasteiger partial charge in [-0.25, -0.2) is 0 Å². The zero-order chi connectivity index (χ0) is 24.3. The summed E-state index contributed by atoms with van der Waals surface area (Å²) in [6, 6.07) is 0. The van der Waals surface area contributed by atoms with Crippen LogP contribution < -0.4 is 0 Å². The SMILES string of the molecule is CC(C)CC1(CC(O)CO)CC(CO[Si](C)(C)C(C)(C)C)ON1CC(=O)OC(C)(C)C. The van der Waals surface area contributed by atoms with Gasteiger partial charge in [0.1, 0.15) is 18.2 Å². The molecule has 0 radical (unpaired) electrons. The second kappa shape index (κ2) is 10.6. The molecule has 0 aromatic rings. The number of hydrogen-bond donors (Lipinski definition) is 2. The summed E-state index contributed by atoms with van der Waals surface area (Å²) < 4.78 is 11.9. The number of hydroxylamine groups is 2. The molecule has 1 saturated heterocycles. The molecule has 0 bridgehead atoms. The van der Waals surface area contributed by atoms with Gasteiger partial charge >= 0.3 is 5.97 Å². The molecule has 184 valence electrons. The first-order chi connectivity index (χ1) is 13.9. The van der Waals surface area contributed by atoms with E-state index in [1.165, 1.54) is 0 Å². The predicted octanol–water partition coefficient (Wildman–Crippen LogP) is 3.88. The minimum absolute atomic E-state index is 0.0290. The average molecular weight is 462 g/mol. The molecule has 1 rings (SSSR count). The van der Waals surface area contributed by atoms with E-state index in [4.69, 9.17) is 14.0 Å². The van der Waals surface area contributed by atoms with Gasteiger partial charge in [0.15, 0.2) is 8.32 Å². The number of carbonyl (C=O) groups excluding carboxylic acids is 1. The number of carbonyl (C=O) groups is 1. The number of ether oxygens (including phenoxy) is 1. The van der Waals surface area contributed by atoms with E-state index in [0.717, 1.165) is 6.42 Å². The molecule has 0 amide bonds. The maximum Gasteiger partial charge on any atom is 0.323 e. The van der Waals surface area contributed by atoms with Crippen LogP contribution in [0.1, 0.15) is 74.7 Å². The molecule has 0 aromatic heterocycles. The maximum absolute atomic E-state index is 12.6. The number of nitrogens with zero attached hydrogens (tertiary/aromatic N) is 1. The minimum Gasteiger partial charge on any atom is -0.459 e. The normalized spacial score (nSPS) is 24.6. The van der Waals surface area contributed by atoms with Crippen LogP contribution in [0.25, 0.3) is 0 Å². The van der Waals surface area contributed by atoms with E-state index in [-0.39, 0.29) is 30.3 Å². The lowest BCUT2D eigenvalue weighted by Crippen LogP contribution is -2.49. The molecule has 0 aliphatic carbocycles. The fraction of sp³-hybridized carbons (Fsp3) is 0.957. The van der Waals surface area contributed by atoms with E-state index >= 15 is 0 Å². The summed E-state index contributed by atoms with van der Waals surface area (Å²) in [6.07, 6.45) is 0.564. The van der Waals surface area contributed by atoms with Crippen molar-refractivity contribution in [2.24, 2.45) is 5.92 Å². The largest absolute Gasteiger partial charge is 0.459 e. The first-order valence-corrected chi connectivity index (χ1v) is 14.4. The van der Waals surface area contributed by atoms with E-state index in [1.807, 2.05) is 20.8 Å². The van der Waals surface area contributed by atoms with Gasteiger partial charge in [-0.05, 0) is 64.1 Å². The Hall–Kier alpha value is -0.513. The number of aliphatic hydroxyl groups excluding tert-OH is 2. The zero-order valence-corrected chi connectivity index (χ0v) is 22.4. The van der Waals surface area contributed by atoms with Gasteiger partial charge in [0, 0.05) is 0 Å². The third-order valence-corrected chi connectivity index (χ3v) is 10.7. The van der Waals surface area contributed by atoms with E-state index < -0.39 is 25.6 Å². The third-order valence-electron chi connectivity index (χ3n) is 6.16. The monoisotopic (exact) mass is 461 g/mol. The highest BCUT2D eigenvalue weighted by molar-refractivity contribution is 6.74. The van der Waals surface area contributed by atoms with Crippen LogP contribution in [0.2, 0.25) is 18.1 Å². The van der Waals surface area contributed by atoms with Crippen LogP contribution in [0.3, 0.4) is 0 Å². The Morgan fingerprint density at radius 2 is 1.77 bits per heavy atom. The molecular weight excluding hydrogens is 414 g/mol. The molecule has 0 spiro atoms. The summed E-state index contributed by atoms with van der Waals surface area (Å²) in [5.41, 5.74) is -1.17. The highest BCUT2D eigenvalue weighted by atomic mass is 28.4. The second-order valence-corrected chi connectivity index (χ2v) is 16.8. The predicted molar refractivity (Wildman–Crippen MR) is 125 cm³/mol. The maximum atomic E-state index is 12.6. The van der Waals surface area contributed by atoms with Gasteiger partial charge in [0.2, 0.25) is 0 Å². The van der Waals surface area contributed by atoms with Gasteiger partial charge in [0.25, 0.3) is 0 Å². The highest BCUT2D eigenvalue weighted by Crippen LogP contribution is 2.42. The fourth-order valence-electron chi connectivity index (χ4n) is 3.87. The summed E-state index contributed by atoms with van der Waals surface area (Å²) in [4.78, 5) is 18.9. The second-order valence-electron chi connectivity index (χ2n) is 12.0. The molecule has 8 heteroatoms. The van der Waals surface area contributed by atoms with Crippen molar-refractivity contribution in [3.63, 3.8) is 0 Å². The lowest BCUT2D eigenvalue weighted by atomic mass is 9.80. The number of aliphatic hydroxyl groups is 2. The zero-order valence-electron chi connectivity index (χ0n) is 21.4. The Bertz CT molecular complexity index is 584. The molecule has 7 nitrogen and oxygen atoms in total. The fourth-order valence-corrected chi connectivity index (χ4v) is 4.91. The van der Waals surface area contributed by atoms with Crippen molar-refractivity contribution in [2.45, 2.75) is 116 Å². The molecule has 1 fully saturated rings. The summed E-state index contributed by atoms with van der Waals surface area (Å²) >= 11 is 0. The Morgan fingerprint density at radius 3 is 2.23 bits per heavy atom. The Kier molecular flexibility index (Phi) is 9.76. The van der Waals surface area contributed by atoms with Crippen LogP contribution >= 0.6 is 0 Å². The van der Waals surface area contributed by atoms with Crippen molar-refractivity contribution in [3.8, 4) is 0 Å². The first kappa shape index (κ1) is 28.5. The molecule has 2 N–H and O–H groups in total. The molecule has 1 aliphatic rings. The van der Waals surface area contributed by atoms with Crippen LogP contribution in [-0.4, -0.2) is 72.7 Å². The van der Waals surface area contributed by atoms with Crippen molar-refractivity contribution < 1.29 is 29.0 Å². The molecular formula is C23H47NO6Si. The highest BCUT2D eigenvalue weighted by Gasteiger charge is 2.50. The minimum atomic E-state index is -1.95. The standard InChI is InChI=1S/C23H47NO6Si/c1-17(2)11-23(12-18(26)15-25)13-19(16-28-31(9,10)22(6,7)8)30-24(23)14-20(27)29-21(3,4)5/h17-19,25-26H,11-16H2,1-10H3. The molecule has 1 aliphatic heterocycles. The topological polar surface area (TPSA) is 88.5 Å².